The molecule has 4 aromatic rings. The smallest absolute Gasteiger partial charge is 0.324 e. The summed E-state index contributed by atoms with van der Waals surface area (Å²) in [5, 5.41) is 13.8. The molecule has 1 amide bonds. The molecule has 0 atom stereocenters. The van der Waals surface area contributed by atoms with Crippen molar-refractivity contribution in [3.63, 3.8) is 0 Å². The zero-order chi connectivity index (χ0) is 22.8. The van der Waals surface area contributed by atoms with Crippen molar-refractivity contribution < 1.29 is 23.9 Å². The third-order valence-electron chi connectivity index (χ3n) is 4.67. The van der Waals surface area contributed by atoms with Gasteiger partial charge >= 0.3 is 5.00 Å². The fourth-order valence-corrected chi connectivity index (χ4v) is 3.94. The number of rotatable bonds is 7. The SMILES string of the molecule is COc1cc(NC(=O)c2ccc3nc(-c4ccc([N+](=O)[O-])s4)[nH]c3c2)cc(OC)c1OC. The summed E-state index contributed by atoms with van der Waals surface area (Å²) in [7, 11) is 4.49. The Balaban J connectivity index is 1.61. The van der Waals surface area contributed by atoms with Crippen molar-refractivity contribution in [1.82, 2.24) is 9.97 Å². The Morgan fingerprint density at radius 1 is 1.06 bits per heavy atom. The molecule has 0 aliphatic carbocycles. The van der Waals surface area contributed by atoms with Crippen LogP contribution in [0.4, 0.5) is 10.7 Å². The topological polar surface area (TPSA) is 129 Å². The predicted octanol–water partition coefficient (Wildman–Crippen LogP) is 4.48. The van der Waals surface area contributed by atoms with Gasteiger partial charge < -0.3 is 24.5 Å². The lowest BCUT2D eigenvalue weighted by Crippen LogP contribution is -2.12. The van der Waals surface area contributed by atoms with E-state index < -0.39 is 4.92 Å². The van der Waals surface area contributed by atoms with Gasteiger partial charge in [-0.05, 0) is 24.3 Å². The molecular formula is C21H18N4O6S. The molecule has 2 aromatic carbocycles. The average molecular weight is 454 g/mol. The largest absolute Gasteiger partial charge is 0.493 e. The van der Waals surface area contributed by atoms with Crippen molar-refractivity contribution in [2.24, 2.45) is 0 Å². The fourth-order valence-electron chi connectivity index (χ4n) is 3.18. The number of benzene rings is 2. The van der Waals surface area contributed by atoms with Gasteiger partial charge in [0.1, 0.15) is 5.82 Å². The first-order valence-electron chi connectivity index (χ1n) is 9.29. The molecule has 0 spiro atoms. The number of anilines is 1. The minimum atomic E-state index is -0.442. The lowest BCUT2D eigenvalue weighted by Gasteiger charge is -2.14. The zero-order valence-electron chi connectivity index (χ0n) is 17.3. The van der Waals surface area contributed by atoms with Crippen molar-refractivity contribution in [3.8, 4) is 28.0 Å². The van der Waals surface area contributed by atoms with Crippen molar-refractivity contribution in [1.29, 1.82) is 0 Å². The van der Waals surface area contributed by atoms with E-state index in [4.69, 9.17) is 14.2 Å². The standard InChI is InChI=1S/C21H18N4O6S/c1-29-15-9-12(10-16(30-2)19(15)31-3)22-21(26)11-4-5-13-14(8-11)24-20(23-13)17-6-7-18(32-17)25(27)28/h4-10H,1-3H3,(H,22,26)(H,23,24). The number of hydrogen-bond donors (Lipinski definition) is 2. The summed E-state index contributed by atoms with van der Waals surface area (Å²) in [5.74, 6) is 1.42. The second-order valence-electron chi connectivity index (χ2n) is 6.58. The number of nitrogens with zero attached hydrogens (tertiary/aromatic N) is 2. The molecule has 0 bridgehead atoms. The van der Waals surface area contributed by atoms with Crippen molar-refractivity contribution in [2.75, 3.05) is 26.6 Å². The normalized spacial score (nSPS) is 10.7. The van der Waals surface area contributed by atoms with Crippen LogP contribution in [0, 0.1) is 10.1 Å². The molecule has 0 saturated heterocycles. The molecule has 0 radical (unpaired) electrons. The Morgan fingerprint density at radius 3 is 2.38 bits per heavy atom. The van der Waals surface area contributed by atoms with Gasteiger partial charge in [0.05, 0.1) is 42.2 Å². The number of fused-ring (bicyclic) bond motifs is 1. The number of thiophene rings is 1. The Bertz CT molecular complexity index is 1300. The van der Waals surface area contributed by atoms with E-state index in [1.165, 1.54) is 27.4 Å². The molecule has 0 unspecified atom stereocenters. The summed E-state index contributed by atoms with van der Waals surface area (Å²) < 4.78 is 15.9. The number of nitrogens with one attached hydrogen (secondary N) is 2. The van der Waals surface area contributed by atoms with Crippen LogP contribution in [0.1, 0.15) is 10.4 Å². The van der Waals surface area contributed by atoms with Gasteiger partial charge in [-0.2, -0.15) is 0 Å². The first kappa shape index (κ1) is 21.1. The third-order valence-corrected chi connectivity index (χ3v) is 5.72. The van der Waals surface area contributed by atoms with E-state index in [0.717, 1.165) is 11.3 Å². The maximum absolute atomic E-state index is 12.8. The highest BCUT2D eigenvalue weighted by atomic mass is 32.1. The van der Waals surface area contributed by atoms with Crippen LogP contribution in [-0.2, 0) is 0 Å². The number of imidazole rings is 1. The average Bonchev–Trinajstić information content (AvgIpc) is 3.45. The molecule has 32 heavy (non-hydrogen) atoms. The Morgan fingerprint density at radius 2 is 1.78 bits per heavy atom. The lowest BCUT2D eigenvalue weighted by molar-refractivity contribution is -0.380. The van der Waals surface area contributed by atoms with Gasteiger partial charge in [-0.1, -0.05) is 11.3 Å². The molecule has 0 fully saturated rings. The van der Waals surface area contributed by atoms with Gasteiger partial charge in [0.2, 0.25) is 5.75 Å². The highest BCUT2D eigenvalue weighted by Crippen LogP contribution is 2.40. The van der Waals surface area contributed by atoms with Crippen LogP contribution in [0.25, 0.3) is 21.7 Å². The Kier molecular flexibility index (Phi) is 5.65. The number of hydrogen-bond acceptors (Lipinski definition) is 8. The minimum Gasteiger partial charge on any atom is -0.493 e. The first-order chi connectivity index (χ1) is 15.4. The second kappa shape index (κ2) is 8.55. The van der Waals surface area contributed by atoms with Crippen molar-refractivity contribution >= 4 is 39.0 Å². The molecule has 0 saturated carbocycles. The molecule has 4 rings (SSSR count). The molecular weight excluding hydrogens is 436 g/mol. The fraction of sp³-hybridized carbons (Fsp3) is 0.143. The molecule has 2 aromatic heterocycles. The van der Waals surface area contributed by atoms with Crippen molar-refractivity contribution in [3.05, 3.63) is 58.1 Å². The molecule has 0 aliphatic rings. The quantitative estimate of drug-likeness (QED) is 0.311. The van der Waals surface area contributed by atoms with Gasteiger partial charge in [-0.3, -0.25) is 14.9 Å². The second-order valence-corrected chi connectivity index (χ2v) is 7.64. The highest BCUT2D eigenvalue weighted by molar-refractivity contribution is 7.18. The molecule has 164 valence electrons. The third kappa shape index (κ3) is 3.93. The summed E-state index contributed by atoms with van der Waals surface area (Å²) in [6.45, 7) is 0. The summed E-state index contributed by atoms with van der Waals surface area (Å²) in [6, 6.07) is 11.4. The van der Waals surface area contributed by atoms with E-state index in [9.17, 15) is 14.9 Å². The van der Waals surface area contributed by atoms with Gasteiger partial charge in [0.15, 0.2) is 11.5 Å². The highest BCUT2D eigenvalue weighted by Gasteiger charge is 2.17. The number of H-pyrrole nitrogens is 1. The maximum Gasteiger partial charge on any atom is 0.324 e. The van der Waals surface area contributed by atoms with Crippen LogP contribution < -0.4 is 19.5 Å². The van der Waals surface area contributed by atoms with E-state index in [-0.39, 0.29) is 10.9 Å². The van der Waals surface area contributed by atoms with E-state index in [2.05, 4.69) is 15.3 Å². The first-order valence-corrected chi connectivity index (χ1v) is 10.1. The predicted molar refractivity (Wildman–Crippen MR) is 120 cm³/mol. The number of ether oxygens (including phenoxy) is 3. The zero-order valence-corrected chi connectivity index (χ0v) is 18.1. The lowest BCUT2D eigenvalue weighted by atomic mass is 10.1. The van der Waals surface area contributed by atoms with E-state index >= 15 is 0 Å². The van der Waals surface area contributed by atoms with Crippen LogP contribution in [0.3, 0.4) is 0 Å². The van der Waals surface area contributed by atoms with Crippen LogP contribution >= 0.6 is 11.3 Å². The molecule has 11 heteroatoms. The minimum absolute atomic E-state index is 0.0332. The van der Waals surface area contributed by atoms with Gasteiger partial charge in [0.25, 0.3) is 5.91 Å². The monoisotopic (exact) mass is 454 g/mol. The van der Waals surface area contributed by atoms with Gasteiger partial charge in [0, 0.05) is 29.4 Å². The van der Waals surface area contributed by atoms with Crippen LogP contribution in [0.2, 0.25) is 0 Å². The van der Waals surface area contributed by atoms with Gasteiger partial charge in [-0.25, -0.2) is 4.98 Å². The Hall–Kier alpha value is -4.12. The molecule has 2 N–H and O–H groups in total. The summed E-state index contributed by atoms with van der Waals surface area (Å²) in [6.07, 6.45) is 0. The molecule has 10 nitrogen and oxygen atoms in total. The van der Waals surface area contributed by atoms with E-state index in [1.807, 2.05) is 0 Å². The number of nitro groups is 1. The summed E-state index contributed by atoms with van der Waals surface area (Å²) >= 11 is 1.03. The maximum atomic E-state index is 12.8. The van der Waals surface area contributed by atoms with Crippen LogP contribution in [0.15, 0.2) is 42.5 Å². The molecule has 2 heterocycles. The number of aromatic nitrogens is 2. The van der Waals surface area contributed by atoms with Crippen LogP contribution in [0.5, 0.6) is 17.2 Å². The summed E-state index contributed by atoms with van der Waals surface area (Å²) in [5.41, 5.74) is 2.15. The van der Waals surface area contributed by atoms with Crippen LogP contribution in [-0.4, -0.2) is 42.1 Å². The van der Waals surface area contributed by atoms with E-state index in [0.29, 0.717) is 50.2 Å². The molecule has 0 aliphatic heterocycles. The van der Waals surface area contributed by atoms with E-state index in [1.54, 1.807) is 36.4 Å². The number of carbonyl (C=O) groups is 1. The summed E-state index contributed by atoms with van der Waals surface area (Å²) in [4.78, 5) is 31.5. The number of methoxy groups -OCH3 is 3. The number of carbonyl (C=O) groups excluding carboxylic acids is 1. The number of amides is 1. The van der Waals surface area contributed by atoms with Gasteiger partial charge in [-0.15, -0.1) is 0 Å². The number of aromatic amines is 1. The Labute approximate surface area is 185 Å². The van der Waals surface area contributed by atoms with Crippen molar-refractivity contribution in [2.45, 2.75) is 0 Å².